The van der Waals surface area contributed by atoms with Crippen LogP contribution < -0.4 is 0 Å². The van der Waals surface area contributed by atoms with Crippen LogP contribution in [0.5, 0.6) is 0 Å². The average Bonchev–Trinajstić information content (AvgIpc) is 1.99. The molecule has 0 spiro atoms. The molecule has 0 aliphatic carbocycles. The molecule has 14 heavy (non-hydrogen) atoms. The van der Waals surface area contributed by atoms with Crippen molar-refractivity contribution in [3.63, 3.8) is 0 Å². The van der Waals surface area contributed by atoms with Gasteiger partial charge in [0.2, 0.25) is 0 Å². The van der Waals surface area contributed by atoms with Gasteiger partial charge in [0.1, 0.15) is 5.60 Å². The molecule has 0 unspecified atom stereocenters. The molecule has 0 aromatic rings. The van der Waals surface area contributed by atoms with Gasteiger partial charge in [-0.25, -0.2) is 4.79 Å². The zero-order chi connectivity index (χ0) is 10.9. The van der Waals surface area contributed by atoms with E-state index in [-0.39, 0.29) is 24.7 Å². The molecule has 4 heteroatoms. The Bertz CT molecular complexity index is 222. The number of hydrogen-bond donors (Lipinski definition) is 1. The highest BCUT2D eigenvalue weighted by molar-refractivity contribution is 5.69. The van der Waals surface area contributed by atoms with Gasteiger partial charge in [-0.15, -0.1) is 0 Å². The van der Waals surface area contributed by atoms with E-state index in [1.54, 1.807) is 4.90 Å². The largest absolute Gasteiger partial charge is 0.444 e. The Hall–Kier alpha value is -0.770. The topological polar surface area (TPSA) is 49.8 Å². The van der Waals surface area contributed by atoms with E-state index in [2.05, 4.69) is 0 Å². The molecule has 1 saturated heterocycles. The molecule has 1 heterocycles. The smallest absolute Gasteiger partial charge is 0.410 e. The van der Waals surface area contributed by atoms with Crippen molar-refractivity contribution in [2.24, 2.45) is 5.92 Å². The lowest BCUT2D eigenvalue weighted by atomic mass is 9.91. The predicted molar refractivity (Wildman–Crippen MR) is 53.0 cm³/mol. The van der Waals surface area contributed by atoms with Crippen molar-refractivity contribution in [2.75, 3.05) is 13.2 Å². The Morgan fingerprint density at radius 2 is 2.14 bits per heavy atom. The standard InChI is InChI=1S/C10H19NO3/c1-7-8(6-12)5-11(7)9(13)14-10(2,3)4/h7-8,12H,5-6H2,1-4H3/t7-,8+/m1/s1. The van der Waals surface area contributed by atoms with Crippen molar-refractivity contribution in [3.05, 3.63) is 0 Å². The number of amides is 1. The predicted octanol–water partition coefficient (Wildman–Crippen LogP) is 1.23. The summed E-state index contributed by atoms with van der Waals surface area (Å²) in [6, 6.07) is 0.0925. The van der Waals surface area contributed by atoms with Crippen LogP contribution in [-0.2, 0) is 4.74 Å². The maximum absolute atomic E-state index is 11.5. The van der Waals surface area contributed by atoms with Crippen LogP contribution in [0.2, 0.25) is 0 Å². The molecule has 4 nitrogen and oxygen atoms in total. The zero-order valence-electron chi connectivity index (χ0n) is 9.28. The summed E-state index contributed by atoms with van der Waals surface area (Å²) in [5.74, 6) is 0.211. The van der Waals surface area contributed by atoms with E-state index in [9.17, 15) is 4.79 Å². The highest BCUT2D eigenvalue weighted by atomic mass is 16.6. The minimum Gasteiger partial charge on any atom is -0.444 e. The van der Waals surface area contributed by atoms with E-state index in [4.69, 9.17) is 9.84 Å². The van der Waals surface area contributed by atoms with E-state index in [0.717, 1.165) is 0 Å². The van der Waals surface area contributed by atoms with E-state index < -0.39 is 5.60 Å². The second-order valence-corrected chi connectivity index (χ2v) is 4.82. The van der Waals surface area contributed by atoms with Crippen LogP contribution in [0.25, 0.3) is 0 Å². The molecule has 82 valence electrons. The van der Waals surface area contributed by atoms with Gasteiger partial charge in [0.05, 0.1) is 0 Å². The highest BCUT2D eigenvalue weighted by Crippen LogP contribution is 2.25. The number of carbonyl (C=O) groups excluding carboxylic acids is 1. The van der Waals surface area contributed by atoms with Gasteiger partial charge in [-0.1, -0.05) is 0 Å². The van der Waals surface area contributed by atoms with Crippen LogP contribution in [0.4, 0.5) is 4.79 Å². The second-order valence-electron chi connectivity index (χ2n) is 4.82. The zero-order valence-corrected chi connectivity index (χ0v) is 9.28. The first kappa shape index (κ1) is 11.3. The summed E-state index contributed by atoms with van der Waals surface area (Å²) >= 11 is 0. The molecule has 1 N–H and O–H groups in total. The molecule has 2 atom stereocenters. The maximum atomic E-state index is 11.5. The van der Waals surface area contributed by atoms with Crippen molar-refractivity contribution in [2.45, 2.75) is 39.3 Å². The molecule has 1 aliphatic heterocycles. The van der Waals surface area contributed by atoms with Gasteiger partial charge in [-0.3, -0.25) is 0 Å². The number of likely N-dealkylation sites (tertiary alicyclic amines) is 1. The highest BCUT2D eigenvalue weighted by Gasteiger charge is 2.40. The van der Waals surface area contributed by atoms with Gasteiger partial charge < -0.3 is 14.7 Å². The quantitative estimate of drug-likeness (QED) is 0.694. The molecule has 0 aromatic carbocycles. The van der Waals surface area contributed by atoms with Crippen molar-refractivity contribution in [1.82, 2.24) is 4.90 Å². The van der Waals surface area contributed by atoms with Gasteiger partial charge in [0.15, 0.2) is 0 Å². The minimum absolute atomic E-state index is 0.0925. The van der Waals surface area contributed by atoms with Gasteiger partial charge >= 0.3 is 6.09 Å². The Morgan fingerprint density at radius 3 is 2.50 bits per heavy atom. The minimum atomic E-state index is -0.443. The Balaban J connectivity index is 2.42. The molecule has 1 rings (SSSR count). The van der Waals surface area contributed by atoms with Crippen LogP contribution in [0.3, 0.4) is 0 Å². The van der Waals surface area contributed by atoms with Crippen molar-refractivity contribution in [3.8, 4) is 0 Å². The van der Waals surface area contributed by atoms with Crippen LogP contribution in [0.15, 0.2) is 0 Å². The SMILES string of the molecule is C[C@@H]1[C@H](CO)CN1C(=O)OC(C)(C)C. The van der Waals surface area contributed by atoms with Gasteiger partial charge in [-0.05, 0) is 27.7 Å². The van der Waals surface area contributed by atoms with Crippen LogP contribution in [0, 0.1) is 5.92 Å². The van der Waals surface area contributed by atoms with E-state index >= 15 is 0 Å². The number of hydrogen-bond acceptors (Lipinski definition) is 3. The third kappa shape index (κ3) is 2.38. The lowest BCUT2D eigenvalue weighted by Gasteiger charge is -2.45. The summed E-state index contributed by atoms with van der Waals surface area (Å²) in [4.78, 5) is 13.2. The molecule has 0 radical (unpaired) electrons. The van der Waals surface area contributed by atoms with Gasteiger partial charge in [0.25, 0.3) is 0 Å². The Morgan fingerprint density at radius 1 is 1.57 bits per heavy atom. The monoisotopic (exact) mass is 201 g/mol. The number of nitrogens with zero attached hydrogens (tertiary/aromatic N) is 1. The third-order valence-electron chi connectivity index (χ3n) is 2.47. The lowest BCUT2D eigenvalue weighted by Crippen LogP contribution is -2.59. The fourth-order valence-corrected chi connectivity index (χ4v) is 1.46. The van der Waals surface area contributed by atoms with Crippen LogP contribution in [-0.4, -0.2) is 40.9 Å². The summed E-state index contributed by atoms with van der Waals surface area (Å²) in [6.07, 6.45) is -0.283. The average molecular weight is 201 g/mol. The molecular weight excluding hydrogens is 182 g/mol. The van der Waals surface area contributed by atoms with Crippen LogP contribution >= 0.6 is 0 Å². The first-order chi connectivity index (χ1) is 6.35. The number of carbonyl (C=O) groups is 1. The lowest BCUT2D eigenvalue weighted by molar-refractivity contribution is -0.0372. The Labute approximate surface area is 84.8 Å². The maximum Gasteiger partial charge on any atom is 0.410 e. The molecule has 0 aromatic heterocycles. The molecule has 0 bridgehead atoms. The summed E-state index contributed by atoms with van der Waals surface area (Å²) in [6.45, 7) is 8.21. The van der Waals surface area contributed by atoms with Crippen molar-refractivity contribution < 1.29 is 14.6 Å². The first-order valence-corrected chi connectivity index (χ1v) is 4.95. The van der Waals surface area contributed by atoms with E-state index in [1.165, 1.54) is 0 Å². The molecule has 0 saturated carbocycles. The van der Waals surface area contributed by atoms with Gasteiger partial charge in [0, 0.05) is 25.1 Å². The third-order valence-corrected chi connectivity index (χ3v) is 2.47. The molecular formula is C10H19NO3. The first-order valence-electron chi connectivity index (χ1n) is 4.95. The Kier molecular flexibility index (Phi) is 3.04. The molecule has 1 amide bonds. The number of rotatable bonds is 1. The molecule has 1 fully saturated rings. The van der Waals surface area contributed by atoms with E-state index in [0.29, 0.717) is 6.54 Å². The van der Waals surface area contributed by atoms with Crippen LogP contribution in [0.1, 0.15) is 27.7 Å². The fourth-order valence-electron chi connectivity index (χ4n) is 1.46. The number of ether oxygens (including phenoxy) is 1. The summed E-state index contributed by atoms with van der Waals surface area (Å²) in [7, 11) is 0. The van der Waals surface area contributed by atoms with Crippen molar-refractivity contribution in [1.29, 1.82) is 0 Å². The summed E-state index contributed by atoms with van der Waals surface area (Å²) < 4.78 is 5.21. The second kappa shape index (κ2) is 3.77. The summed E-state index contributed by atoms with van der Waals surface area (Å²) in [5.41, 5.74) is -0.443. The van der Waals surface area contributed by atoms with Crippen molar-refractivity contribution >= 4 is 6.09 Å². The summed E-state index contributed by atoms with van der Waals surface area (Å²) in [5, 5.41) is 8.91. The molecule has 1 aliphatic rings. The normalized spacial score (nSPS) is 27.1. The van der Waals surface area contributed by atoms with E-state index in [1.807, 2.05) is 27.7 Å². The van der Waals surface area contributed by atoms with Gasteiger partial charge in [-0.2, -0.15) is 0 Å². The number of aliphatic hydroxyl groups is 1. The number of aliphatic hydroxyl groups excluding tert-OH is 1. The fraction of sp³-hybridized carbons (Fsp3) is 0.900.